The second kappa shape index (κ2) is 12.2. The monoisotopic (exact) mass is 503 g/mol. The molecule has 0 saturated heterocycles. The number of aromatic amines is 1. The van der Waals surface area contributed by atoms with Crippen LogP contribution in [0.4, 0.5) is 0 Å². The molecular weight excluding hydrogens is 473 g/mol. The molecule has 0 aliphatic carbocycles. The summed E-state index contributed by atoms with van der Waals surface area (Å²) in [7, 11) is 1.48. The van der Waals surface area contributed by atoms with Gasteiger partial charge < -0.3 is 19.5 Å². The van der Waals surface area contributed by atoms with Crippen molar-refractivity contribution in [2.75, 3.05) is 33.4 Å². The number of methoxy groups -OCH3 is 1. The largest absolute Gasteiger partial charge is 0.375 e. The minimum atomic E-state index is -0.198. The van der Waals surface area contributed by atoms with Crippen molar-refractivity contribution in [2.45, 2.75) is 26.8 Å². The molecule has 0 aliphatic rings. The first kappa shape index (κ1) is 26.1. The number of amides is 2. The Kier molecular flexibility index (Phi) is 9.39. The Morgan fingerprint density at radius 3 is 2.50 bits per heavy atom. The Balaban J connectivity index is 1.80. The summed E-state index contributed by atoms with van der Waals surface area (Å²) in [6, 6.07) is 13.5. The molecule has 2 aromatic carbocycles. The molecule has 3 rings (SSSR count). The minimum absolute atomic E-state index is 0.00439. The van der Waals surface area contributed by atoms with Gasteiger partial charge in [-0.15, -0.1) is 0 Å². The average Bonchev–Trinajstić information content (AvgIpc) is 3.21. The summed E-state index contributed by atoms with van der Waals surface area (Å²) in [6.45, 7) is 5.32. The van der Waals surface area contributed by atoms with Gasteiger partial charge in [-0.05, 0) is 41.7 Å². The number of benzene rings is 2. The Morgan fingerprint density at radius 1 is 1.03 bits per heavy atom. The van der Waals surface area contributed by atoms with E-state index in [4.69, 9.17) is 27.9 Å². The van der Waals surface area contributed by atoms with E-state index in [1.807, 2.05) is 44.3 Å². The van der Waals surface area contributed by atoms with Crippen LogP contribution in [0.5, 0.6) is 0 Å². The number of rotatable bonds is 11. The lowest BCUT2D eigenvalue weighted by atomic mass is 10.1. The van der Waals surface area contributed by atoms with E-state index in [-0.39, 0.29) is 30.9 Å². The highest BCUT2D eigenvalue weighted by atomic mass is 35.5. The summed E-state index contributed by atoms with van der Waals surface area (Å²) < 4.78 is 5.02. The molecule has 0 radical (unpaired) electrons. The van der Waals surface area contributed by atoms with Gasteiger partial charge in [0.25, 0.3) is 0 Å². The third kappa shape index (κ3) is 6.98. The van der Waals surface area contributed by atoms with Gasteiger partial charge in [-0.1, -0.05) is 61.3 Å². The number of carbonyl (C=O) groups excluding carboxylic acids is 2. The van der Waals surface area contributed by atoms with Gasteiger partial charge in [0.05, 0.1) is 16.6 Å². The highest BCUT2D eigenvalue weighted by Crippen LogP contribution is 2.24. The summed E-state index contributed by atoms with van der Waals surface area (Å²) in [6.07, 6.45) is 2.66. The van der Waals surface area contributed by atoms with Crippen LogP contribution in [0.25, 0.3) is 10.9 Å². The maximum absolute atomic E-state index is 13.4. The topological polar surface area (TPSA) is 65.6 Å². The van der Waals surface area contributed by atoms with E-state index in [1.54, 1.807) is 21.9 Å². The fourth-order valence-electron chi connectivity index (χ4n) is 3.92. The van der Waals surface area contributed by atoms with E-state index in [9.17, 15) is 9.59 Å². The maximum Gasteiger partial charge on any atom is 0.249 e. The molecule has 0 fully saturated rings. The van der Waals surface area contributed by atoms with Crippen molar-refractivity contribution in [1.29, 1.82) is 0 Å². The van der Waals surface area contributed by atoms with Gasteiger partial charge in [0.1, 0.15) is 6.61 Å². The van der Waals surface area contributed by atoms with Crippen LogP contribution in [0, 0.1) is 5.92 Å². The highest BCUT2D eigenvalue weighted by Gasteiger charge is 2.22. The van der Waals surface area contributed by atoms with Crippen molar-refractivity contribution >= 4 is 45.9 Å². The third-order valence-corrected chi connectivity index (χ3v) is 6.31. The number of H-pyrrole nitrogens is 1. The fourth-order valence-corrected chi connectivity index (χ4v) is 4.24. The van der Waals surface area contributed by atoms with E-state index < -0.39 is 0 Å². The first-order valence-corrected chi connectivity index (χ1v) is 12.1. The van der Waals surface area contributed by atoms with Gasteiger partial charge in [0.15, 0.2) is 0 Å². The number of ether oxygens (including phenoxy) is 1. The number of aromatic nitrogens is 1. The van der Waals surface area contributed by atoms with Crippen molar-refractivity contribution < 1.29 is 14.3 Å². The molecular formula is C26H31Cl2N3O3. The van der Waals surface area contributed by atoms with E-state index >= 15 is 0 Å². The minimum Gasteiger partial charge on any atom is -0.375 e. The van der Waals surface area contributed by atoms with Gasteiger partial charge >= 0.3 is 0 Å². The normalized spacial score (nSPS) is 11.2. The Labute approximate surface area is 210 Å². The molecule has 0 unspecified atom stereocenters. The molecule has 2 amide bonds. The summed E-state index contributed by atoms with van der Waals surface area (Å²) in [5, 5.41) is 2.05. The van der Waals surface area contributed by atoms with Gasteiger partial charge in [-0.2, -0.15) is 0 Å². The molecule has 0 atom stereocenters. The third-order valence-electron chi connectivity index (χ3n) is 5.57. The number of para-hydroxylation sites is 1. The van der Waals surface area contributed by atoms with Gasteiger partial charge in [0, 0.05) is 43.8 Å². The van der Waals surface area contributed by atoms with Gasteiger partial charge in [0.2, 0.25) is 11.8 Å². The molecule has 0 aliphatic heterocycles. The average molecular weight is 504 g/mol. The van der Waals surface area contributed by atoms with Crippen LogP contribution in [0.3, 0.4) is 0 Å². The number of halogens is 2. The standard InChI is InChI=1S/C26H31Cl2N3O3/c1-18(2)14-31(26(33)17-34-3)16-25(32)30(15-19-8-9-22(27)23(28)12-19)11-10-20-13-29-24-7-5-4-6-21(20)24/h4-9,12-13,18,29H,10-11,14-17H2,1-3H3. The van der Waals surface area contributed by atoms with E-state index in [2.05, 4.69) is 11.1 Å². The van der Waals surface area contributed by atoms with Crippen LogP contribution in [-0.4, -0.2) is 59.9 Å². The van der Waals surface area contributed by atoms with Crippen molar-refractivity contribution in [2.24, 2.45) is 5.92 Å². The molecule has 0 spiro atoms. The zero-order valence-electron chi connectivity index (χ0n) is 19.8. The number of nitrogens with zero attached hydrogens (tertiary/aromatic N) is 2. The second-order valence-electron chi connectivity index (χ2n) is 8.77. The first-order chi connectivity index (χ1) is 16.3. The quantitative estimate of drug-likeness (QED) is 0.392. The lowest BCUT2D eigenvalue weighted by Gasteiger charge is -2.29. The van der Waals surface area contributed by atoms with Crippen LogP contribution >= 0.6 is 23.2 Å². The molecule has 8 heteroatoms. The number of fused-ring (bicyclic) bond motifs is 1. The van der Waals surface area contributed by atoms with Crippen LogP contribution in [0.2, 0.25) is 10.0 Å². The highest BCUT2D eigenvalue weighted by molar-refractivity contribution is 6.42. The summed E-state index contributed by atoms with van der Waals surface area (Å²) in [4.78, 5) is 32.6. The van der Waals surface area contributed by atoms with Gasteiger partial charge in [-0.3, -0.25) is 9.59 Å². The Morgan fingerprint density at radius 2 is 1.79 bits per heavy atom. The number of hydrogen-bond donors (Lipinski definition) is 1. The predicted molar refractivity (Wildman–Crippen MR) is 137 cm³/mol. The SMILES string of the molecule is COCC(=O)N(CC(=O)N(CCc1c[nH]c2ccccc12)Cc1ccc(Cl)c(Cl)c1)CC(C)C. The first-order valence-electron chi connectivity index (χ1n) is 11.3. The van der Waals surface area contributed by atoms with E-state index in [0.717, 1.165) is 22.0 Å². The summed E-state index contributed by atoms with van der Waals surface area (Å²) in [5.74, 6) is -0.102. The van der Waals surface area contributed by atoms with Gasteiger partial charge in [-0.25, -0.2) is 0 Å². The Hall–Kier alpha value is -2.54. The second-order valence-corrected chi connectivity index (χ2v) is 9.59. The lowest BCUT2D eigenvalue weighted by molar-refractivity contribution is -0.143. The van der Waals surface area contributed by atoms with E-state index in [1.165, 1.54) is 7.11 Å². The van der Waals surface area contributed by atoms with Crippen LogP contribution < -0.4 is 0 Å². The molecule has 182 valence electrons. The molecule has 1 N–H and O–H groups in total. The molecule has 34 heavy (non-hydrogen) atoms. The Bertz CT molecular complexity index is 1130. The van der Waals surface area contributed by atoms with E-state index in [0.29, 0.717) is 36.1 Å². The van der Waals surface area contributed by atoms with Crippen LogP contribution in [-0.2, 0) is 27.3 Å². The lowest BCUT2D eigenvalue weighted by Crippen LogP contribution is -2.45. The predicted octanol–water partition coefficient (Wildman–Crippen LogP) is 5.18. The fraction of sp³-hybridized carbons (Fsp3) is 0.385. The number of carbonyl (C=O) groups is 2. The maximum atomic E-state index is 13.4. The van der Waals surface area contributed by atoms with Crippen molar-refractivity contribution in [3.63, 3.8) is 0 Å². The zero-order valence-corrected chi connectivity index (χ0v) is 21.3. The molecule has 0 bridgehead atoms. The zero-order chi connectivity index (χ0) is 24.7. The molecule has 6 nitrogen and oxygen atoms in total. The van der Waals surface area contributed by atoms with Crippen LogP contribution in [0.1, 0.15) is 25.0 Å². The van der Waals surface area contributed by atoms with Crippen molar-refractivity contribution in [1.82, 2.24) is 14.8 Å². The molecule has 0 saturated carbocycles. The summed E-state index contributed by atoms with van der Waals surface area (Å²) in [5.41, 5.74) is 3.07. The number of nitrogens with one attached hydrogen (secondary N) is 1. The molecule has 1 aromatic heterocycles. The molecule has 1 heterocycles. The molecule has 3 aromatic rings. The van der Waals surface area contributed by atoms with Crippen LogP contribution in [0.15, 0.2) is 48.7 Å². The summed E-state index contributed by atoms with van der Waals surface area (Å²) >= 11 is 12.3. The smallest absolute Gasteiger partial charge is 0.249 e. The van der Waals surface area contributed by atoms with Crippen molar-refractivity contribution in [3.8, 4) is 0 Å². The van der Waals surface area contributed by atoms with Crippen molar-refractivity contribution in [3.05, 3.63) is 69.8 Å². The number of hydrogen-bond acceptors (Lipinski definition) is 3.